The molecule has 0 spiro atoms. The van der Waals surface area contributed by atoms with Crippen LogP contribution in [-0.4, -0.2) is 49.6 Å². The fraction of sp³-hybridized carbons (Fsp3) is 0.529. The van der Waals surface area contributed by atoms with Crippen LogP contribution in [0.2, 0.25) is 0 Å². The molecule has 21 heavy (non-hydrogen) atoms. The van der Waals surface area contributed by atoms with Gasteiger partial charge in [-0.3, -0.25) is 4.90 Å². The predicted octanol–water partition coefficient (Wildman–Crippen LogP) is 1.66. The van der Waals surface area contributed by atoms with E-state index in [-0.39, 0.29) is 5.82 Å². The van der Waals surface area contributed by atoms with E-state index in [1.165, 1.54) is 18.9 Å². The number of likely N-dealkylation sites (tertiary alicyclic amines) is 1. The van der Waals surface area contributed by atoms with Gasteiger partial charge in [0.1, 0.15) is 5.82 Å². The summed E-state index contributed by atoms with van der Waals surface area (Å²) < 4.78 is 14.2. The molecule has 1 atom stereocenters. The number of rotatable bonds is 4. The number of hydrogen-bond acceptors (Lipinski definition) is 3. The van der Waals surface area contributed by atoms with Crippen molar-refractivity contribution in [2.24, 2.45) is 5.73 Å². The van der Waals surface area contributed by atoms with Gasteiger partial charge in [-0.1, -0.05) is 17.9 Å². The second-order valence-electron chi connectivity index (χ2n) is 5.84. The third kappa shape index (κ3) is 4.53. The maximum Gasteiger partial charge on any atom is 0.128 e. The first-order valence-corrected chi connectivity index (χ1v) is 7.46. The summed E-state index contributed by atoms with van der Waals surface area (Å²) in [5.74, 6) is 5.44. The molecule has 2 N–H and O–H groups in total. The number of nitrogens with zero attached hydrogens (tertiary/aromatic N) is 2. The lowest BCUT2D eigenvalue weighted by atomic mass is 10.1. The zero-order chi connectivity index (χ0) is 15.2. The molecule has 0 aromatic heterocycles. The quantitative estimate of drug-likeness (QED) is 0.856. The van der Waals surface area contributed by atoms with Gasteiger partial charge < -0.3 is 10.6 Å². The Kier molecular flexibility index (Phi) is 5.75. The molecule has 1 aliphatic rings. The Balaban J connectivity index is 2.05. The minimum Gasteiger partial charge on any atom is -0.320 e. The summed E-state index contributed by atoms with van der Waals surface area (Å²) in [7, 11) is 4.17. The fourth-order valence-corrected chi connectivity index (χ4v) is 2.86. The Morgan fingerprint density at radius 3 is 2.90 bits per heavy atom. The molecule has 0 bridgehead atoms. The van der Waals surface area contributed by atoms with Gasteiger partial charge in [-0.25, -0.2) is 4.39 Å². The second-order valence-corrected chi connectivity index (χ2v) is 5.84. The van der Waals surface area contributed by atoms with Crippen LogP contribution >= 0.6 is 0 Å². The van der Waals surface area contributed by atoms with Gasteiger partial charge >= 0.3 is 0 Å². The van der Waals surface area contributed by atoms with Gasteiger partial charge in [0, 0.05) is 30.3 Å². The first-order chi connectivity index (χ1) is 10.1. The Bertz CT molecular complexity index is 531. The smallest absolute Gasteiger partial charge is 0.128 e. The lowest BCUT2D eigenvalue weighted by molar-refractivity contribution is 0.199. The molecule has 114 valence electrons. The SMILES string of the molecule is CN(C)CC1CCCN1Cc1ccc(C#CCN)cc1F. The van der Waals surface area contributed by atoms with Crippen molar-refractivity contribution >= 4 is 0 Å². The monoisotopic (exact) mass is 289 g/mol. The molecular formula is C17H24FN3. The minimum absolute atomic E-state index is 0.172. The third-order valence-electron chi connectivity index (χ3n) is 3.84. The van der Waals surface area contributed by atoms with E-state index in [0.29, 0.717) is 24.7 Å². The highest BCUT2D eigenvalue weighted by Crippen LogP contribution is 2.22. The zero-order valence-corrected chi connectivity index (χ0v) is 12.9. The van der Waals surface area contributed by atoms with Crippen LogP contribution in [0.1, 0.15) is 24.0 Å². The number of nitrogens with two attached hydrogens (primary N) is 1. The lowest BCUT2D eigenvalue weighted by Gasteiger charge is -2.27. The zero-order valence-electron chi connectivity index (χ0n) is 12.9. The molecule has 0 aliphatic carbocycles. The largest absolute Gasteiger partial charge is 0.320 e. The molecule has 1 heterocycles. The van der Waals surface area contributed by atoms with Gasteiger partial charge in [0.2, 0.25) is 0 Å². The molecule has 0 radical (unpaired) electrons. The average Bonchev–Trinajstić information content (AvgIpc) is 2.85. The maximum atomic E-state index is 14.2. The molecule has 1 aromatic carbocycles. The van der Waals surface area contributed by atoms with Crippen LogP contribution in [0.4, 0.5) is 4.39 Å². The molecule has 1 aliphatic heterocycles. The van der Waals surface area contributed by atoms with Crippen LogP contribution in [0, 0.1) is 17.7 Å². The number of hydrogen-bond donors (Lipinski definition) is 1. The van der Waals surface area contributed by atoms with Crippen molar-refractivity contribution in [2.45, 2.75) is 25.4 Å². The summed E-state index contributed by atoms with van der Waals surface area (Å²) in [6.07, 6.45) is 2.39. The van der Waals surface area contributed by atoms with Crippen molar-refractivity contribution in [3.63, 3.8) is 0 Å². The van der Waals surface area contributed by atoms with Gasteiger partial charge in [0.25, 0.3) is 0 Å². The molecule has 1 aromatic rings. The summed E-state index contributed by atoms with van der Waals surface area (Å²) in [4.78, 5) is 4.58. The van der Waals surface area contributed by atoms with E-state index in [4.69, 9.17) is 5.73 Å². The van der Waals surface area contributed by atoms with Crippen LogP contribution in [0.25, 0.3) is 0 Å². The van der Waals surface area contributed by atoms with Crippen molar-refractivity contribution in [1.82, 2.24) is 9.80 Å². The van der Waals surface area contributed by atoms with Gasteiger partial charge in [0.05, 0.1) is 6.54 Å². The van der Waals surface area contributed by atoms with Crippen LogP contribution < -0.4 is 5.73 Å². The molecule has 1 unspecified atom stereocenters. The predicted molar refractivity (Wildman–Crippen MR) is 84.3 cm³/mol. The van der Waals surface area contributed by atoms with Crippen LogP contribution in [0.15, 0.2) is 18.2 Å². The average molecular weight is 289 g/mol. The molecule has 4 heteroatoms. The summed E-state index contributed by atoms with van der Waals surface area (Å²) >= 11 is 0. The van der Waals surface area contributed by atoms with Crippen molar-refractivity contribution in [2.75, 3.05) is 33.7 Å². The molecule has 1 saturated heterocycles. The Morgan fingerprint density at radius 2 is 2.24 bits per heavy atom. The number of likely N-dealkylation sites (N-methyl/N-ethyl adjacent to an activating group) is 1. The molecular weight excluding hydrogens is 265 g/mol. The van der Waals surface area contributed by atoms with Gasteiger partial charge in [-0.05, 0) is 45.6 Å². The van der Waals surface area contributed by atoms with E-state index in [0.717, 1.165) is 18.7 Å². The van der Waals surface area contributed by atoms with Gasteiger partial charge in [-0.2, -0.15) is 0 Å². The van der Waals surface area contributed by atoms with Crippen molar-refractivity contribution in [1.29, 1.82) is 0 Å². The first-order valence-electron chi connectivity index (χ1n) is 7.46. The summed E-state index contributed by atoms with van der Waals surface area (Å²) in [5.41, 5.74) is 6.77. The normalized spacial score (nSPS) is 18.8. The van der Waals surface area contributed by atoms with Crippen molar-refractivity contribution in [3.05, 3.63) is 35.1 Å². The Morgan fingerprint density at radius 1 is 1.43 bits per heavy atom. The van der Waals surface area contributed by atoms with E-state index in [1.807, 2.05) is 12.1 Å². The maximum absolute atomic E-state index is 14.2. The van der Waals surface area contributed by atoms with E-state index in [1.54, 1.807) is 0 Å². The van der Waals surface area contributed by atoms with Crippen molar-refractivity contribution < 1.29 is 4.39 Å². The van der Waals surface area contributed by atoms with Crippen LogP contribution in [-0.2, 0) is 6.54 Å². The van der Waals surface area contributed by atoms with E-state index < -0.39 is 0 Å². The van der Waals surface area contributed by atoms with E-state index >= 15 is 0 Å². The number of halogens is 1. The summed E-state index contributed by atoms with van der Waals surface area (Å²) in [6, 6.07) is 5.75. The molecule has 0 amide bonds. The highest BCUT2D eigenvalue weighted by Gasteiger charge is 2.25. The van der Waals surface area contributed by atoms with Crippen LogP contribution in [0.3, 0.4) is 0 Å². The standard InChI is InChI=1S/C17H24FN3/c1-20(2)13-16-6-4-10-21(16)12-15-8-7-14(5-3-9-19)11-17(15)18/h7-8,11,16H,4,6,9-10,12-13,19H2,1-2H3. The highest BCUT2D eigenvalue weighted by molar-refractivity contribution is 5.37. The Hall–Kier alpha value is -1.41. The molecule has 2 rings (SSSR count). The second kappa shape index (κ2) is 7.56. The van der Waals surface area contributed by atoms with Crippen molar-refractivity contribution in [3.8, 4) is 11.8 Å². The topological polar surface area (TPSA) is 32.5 Å². The van der Waals surface area contributed by atoms with Gasteiger partial charge in [-0.15, -0.1) is 0 Å². The fourth-order valence-electron chi connectivity index (χ4n) is 2.86. The van der Waals surface area contributed by atoms with E-state index in [9.17, 15) is 4.39 Å². The number of benzene rings is 1. The Labute approximate surface area is 126 Å². The minimum atomic E-state index is -0.172. The first kappa shape index (κ1) is 16.0. The third-order valence-corrected chi connectivity index (χ3v) is 3.84. The highest BCUT2D eigenvalue weighted by atomic mass is 19.1. The van der Waals surface area contributed by atoms with E-state index in [2.05, 4.69) is 35.7 Å². The van der Waals surface area contributed by atoms with Crippen LogP contribution in [0.5, 0.6) is 0 Å². The molecule has 3 nitrogen and oxygen atoms in total. The molecule has 1 fully saturated rings. The van der Waals surface area contributed by atoms with Gasteiger partial charge in [0.15, 0.2) is 0 Å². The summed E-state index contributed by atoms with van der Waals surface area (Å²) in [6.45, 7) is 3.05. The lowest BCUT2D eigenvalue weighted by Crippen LogP contribution is -2.37. The molecule has 0 saturated carbocycles. The summed E-state index contributed by atoms with van der Waals surface area (Å²) in [5, 5.41) is 0.